The van der Waals surface area contributed by atoms with E-state index in [9.17, 15) is 0 Å². The normalized spacial score (nSPS) is 10.6. The average molecular weight is 357 g/mol. The topological polar surface area (TPSA) is 63.8 Å². The van der Waals surface area contributed by atoms with Crippen molar-refractivity contribution in [1.82, 2.24) is 9.97 Å². The number of rotatable bonds is 4. The Kier molecular flexibility index (Phi) is 4.92. The fraction of sp³-hybridized carbons (Fsp3) is 0.111. The smallest absolute Gasteiger partial charge is 0.158 e. The van der Waals surface area contributed by atoms with Crippen molar-refractivity contribution in [3.8, 4) is 0 Å². The molecule has 0 amide bonds. The molecule has 4 nitrogen and oxygen atoms in total. The van der Waals surface area contributed by atoms with Crippen molar-refractivity contribution in [2.75, 3.05) is 11.1 Å². The van der Waals surface area contributed by atoms with Gasteiger partial charge in [-0.3, -0.25) is 0 Å². The molecule has 0 spiro atoms. The van der Waals surface area contributed by atoms with E-state index in [0.717, 1.165) is 10.6 Å². The first-order valence-corrected chi connectivity index (χ1v) is 8.60. The molecule has 3 aromatic rings. The molecule has 1 aromatic heterocycles. The van der Waals surface area contributed by atoms with Gasteiger partial charge in [0.1, 0.15) is 17.0 Å². The van der Waals surface area contributed by atoms with Gasteiger partial charge in [-0.25, -0.2) is 9.97 Å². The lowest BCUT2D eigenvalue weighted by atomic mass is 10.1. The Balaban J connectivity index is 1.86. The highest BCUT2D eigenvalue weighted by molar-refractivity contribution is 7.99. The largest absolute Gasteiger partial charge is 0.394 e. The van der Waals surface area contributed by atoms with Crippen LogP contribution in [0.25, 0.3) is 0 Å². The van der Waals surface area contributed by atoms with Crippen molar-refractivity contribution < 1.29 is 0 Å². The van der Waals surface area contributed by atoms with Crippen molar-refractivity contribution >= 4 is 40.6 Å². The minimum Gasteiger partial charge on any atom is -0.394 e. The van der Waals surface area contributed by atoms with Crippen LogP contribution in [0.15, 0.2) is 58.7 Å². The number of hydrogen-bond acceptors (Lipinski definition) is 5. The molecule has 0 radical (unpaired) electrons. The Bertz CT molecular complexity index is 845. The molecule has 0 aliphatic heterocycles. The van der Waals surface area contributed by atoms with Crippen LogP contribution < -0.4 is 11.1 Å². The van der Waals surface area contributed by atoms with Crippen LogP contribution in [-0.4, -0.2) is 9.97 Å². The summed E-state index contributed by atoms with van der Waals surface area (Å²) < 4.78 is 0. The molecule has 1 heterocycles. The third-order valence-electron chi connectivity index (χ3n) is 3.36. The quantitative estimate of drug-likeness (QED) is 0.627. The maximum absolute atomic E-state index is 6.25. The number of anilines is 3. The molecule has 0 atom stereocenters. The number of nitrogens with two attached hydrogens (primary N) is 1. The molecule has 0 aliphatic rings. The van der Waals surface area contributed by atoms with E-state index in [2.05, 4.69) is 47.3 Å². The number of nitrogens with zero attached hydrogens (tertiary/aromatic N) is 2. The highest BCUT2D eigenvalue weighted by Gasteiger charge is 2.10. The SMILES string of the molecule is Cc1cc(C)cc(Nc2ncnc(Sc3ccc(Cl)cc3)c2N)c1. The second kappa shape index (κ2) is 7.11. The van der Waals surface area contributed by atoms with Gasteiger partial charge in [-0.2, -0.15) is 0 Å². The molecule has 6 heteroatoms. The second-order valence-corrected chi connectivity index (χ2v) is 7.00. The lowest BCUT2D eigenvalue weighted by molar-refractivity contribution is 1.06. The van der Waals surface area contributed by atoms with E-state index in [-0.39, 0.29) is 0 Å². The van der Waals surface area contributed by atoms with E-state index in [1.807, 2.05) is 24.3 Å². The molecule has 0 aliphatic carbocycles. The summed E-state index contributed by atoms with van der Waals surface area (Å²) in [4.78, 5) is 9.57. The van der Waals surface area contributed by atoms with Crippen LogP contribution in [0.1, 0.15) is 11.1 Å². The lowest BCUT2D eigenvalue weighted by Gasteiger charge is -2.12. The first-order valence-electron chi connectivity index (χ1n) is 7.40. The van der Waals surface area contributed by atoms with Crippen molar-refractivity contribution in [1.29, 1.82) is 0 Å². The van der Waals surface area contributed by atoms with Crippen molar-refractivity contribution in [2.24, 2.45) is 0 Å². The minimum atomic E-state index is 0.525. The van der Waals surface area contributed by atoms with Gasteiger partial charge in [0, 0.05) is 15.6 Å². The van der Waals surface area contributed by atoms with Crippen LogP contribution in [0, 0.1) is 13.8 Å². The highest BCUT2D eigenvalue weighted by Crippen LogP contribution is 2.34. The zero-order chi connectivity index (χ0) is 17.1. The summed E-state index contributed by atoms with van der Waals surface area (Å²) in [6.45, 7) is 4.12. The van der Waals surface area contributed by atoms with Gasteiger partial charge in [0.2, 0.25) is 0 Å². The number of nitrogen functional groups attached to an aromatic ring is 1. The number of aromatic nitrogens is 2. The van der Waals surface area contributed by atoms with Crippen molar-refractivity contribution in [3.63, 3.8) is 0 Å². The van der Waals surface area contributed by atoms with Gasteiger partial charge in [0.05, 0.1) is 0 Å². The summed E-state index contributed by atoms with van der Waals surface area (Å²) in [7, 11) is 0. The molecule has 0 saturated heterocycles. The predicted molar refractivity (Wildman–Crippen MR) is 101 cm³/mol. The Labute approximate surface area is 150 Å². The zero-order valence-electron chi connectivity index (χ0n) is 13.4. The van der Waals surface area contributed by atoms with Crippen LogP contribution >= 0.6 is 23.4 Å². The van der Waals surface area contributed by atoms with Crippen LogP contribution in [0.5, 0.6) is 0 Å². The van der Waals surface area contributed by atoms with Gasteiger partial charge in [-0.05, 0) is 61.4 Å². The van der Waals surface area contributed by atoms with Crippen LogP contribution in [0.3, 0.4) is 0 Å². The standard InChI is InChI=1S/C18H17ClN4S/c1-11-7-12(2)9-14(8-11)23-17-16(20)18(22-10-21-17)24-15-5-3-13(19)4-6-15/h3-10H,20H2,1-2H3,(H,21,22,23). The summed E-state index contributed by atoms with van der Waals surface area (Å²) in [5.74, 6) is 0.603. The zero-order valence-corrected chi connectivity index (χ0v) is 14.9. The highest BCUT2D eigenvalue weighted by atomic mass is 35.5. The molecule has 0 fully saturated rings. The monoisotopic (exact) mass is 356 g/mol. The minimum absolute atomic E-state index is 0.525. The molecule has 0 bridgehead atoms. The lowest BCUT2D eigenvalue weighted by Crippen LogP contribution is -2.02. The Morgan fingerprint density at radius 1 is 1.00 bits per heavy atom. The molecule has 2 aromatic carbocycles. The number of benzene rings is 2. The maximum atomic E-state index is 6.25. The summed E-state index contributed by atoms with van der Waals surface area (Å²) >= 11 is 7.40. The van der Waals surface area contributed by atoms with E-state index < -0.39 is 0 Å². The molecule has 24 heavy (non-hydrogen) atoms. The van der Waals surface area contributed by atoms with E-state index in [4.69, 9.17) is 17.3 Å². The summed E-state index contributed by atoms with van der Waals surface area (Å²) in [6, 6.07) is 13.8. The molecule has 3 N–H and O–H groups in total. The van der Waals surface area contributed by atoms with E-state index in [1.165, 1.54) is 29.2 Å². The molecule has 3 rings (SSSR count). The third kappa shape index (κ3) is 3.99. The third-order valence-corrected chi connectivity index (χ3v) is 4.64. The van der Waals surface area contributed by atoms with Crippen LogP contribution in [-0.2, 0) is 0 Å². The predicted octanol–water partition coefficient (Wildman–Crippen LogP) is 5.22. The number of halogens is 1. The number of nitrogens with one attached hydrogen (secondary N) is 1. The van der Waals surface area contributed by atoms with Gasteiger partial charge < -0.3 is 11.1 Å². The number of hydrogen-bond donors (Lipinski definition) is 2. The van der Waals surface area contributed by atoms with Crippen LogP contribution in [0.2, 0.25) is 5.02 Å². The molecule has 122 valence electrons. The molecule has 0 unspecified atom stereocenters. The summed E-state index contributed by atoms with van der Waals surface area (Å²) in [6.07, 6.45) is 1.51. The van der Waals surface area contributed by atoms with Crippen molar-refractivity contribution in [2.45, 2.75) is 23.8 Å². The average Bonchev–Trinajstić information content (AvgIpc) is 2.52. The molecular weight excluding hydrogens is 340 g/mol. The Morgan fingerprint density at radius 3 is 2.33 bits per heavy atom. The molecule has 0 saturated carbocycles. The van der Waals surface area contributed by atoms with Gasteiger partial charge in [-0.15, -0.1) is 0 Å². The fourth-order valence-corrected chi connectivity index (χ4v) is 3.29. The van der Waals surface area contributed by atoms with E-state index >= 15 is 0 Å². The van der Waals surface area contributed by atoms with Crippen molar-refractivity contribution in [3.05, 3.63) is 64.9 Å². The Morgan fingerprint density at radius 2 is 1.67 bits per heavy atom. The summed E-state index contributed by atoms with van der Waals surface area (Å²) in [5.41, 5.74) is 10.1. The number of aryl methyl sites for hydroxylation is 2. The van der Waals surface area contributed by atoms with Gasteiger partial charge >= 0.3 is 0 Å². The second-order valence-electron chi connectivity index (χ2n) is 5.50. The summed E-state index contributed by atoms with van der Waals surface area (Å²) in [5, 5.41) is 4.69. The van der Waals surface area contributed by atoms with Gasteiger partial charge in [0.25, 0.3) is 0 Å². The first kappa shape index (κ1) is 16.6. The fourth-order valence-electron chi connectivity index (χ4n) is 2.36. The first-order chi connectivity index (χ1) is 11.5. The molecular formula is C18H17ClN4S. The van der Waals surface area contributed by atoms with Crippen LogP contribution in [0.4, 0.5) is 17.2 Å². The van der Waals surface area contributed by atoms with E-state index in [1.54, 1.807) is 0 Å². The van der Waals surface area contributed by atoms with E-state index in [0.29, 0.717) is 21.6 Å². The Hall–Kier alpha value is -2.24. The van der Waals surface area contributed by atoms with Gasteiger partial charge in [-0.1, -0.05) is 29.4 Å². The van der Waals surface area contributed by atoms with Gasteiger partial charge in [0.15, 0.2) is 5.82 Å². The maximum Gasteiger partial charge on any atom is 0.158 e.